The minimum Gasteiger partial charge on any atom is -0.334 e. The van der Waals surface area contributed by atoms with Crippen LogP contribution in [0.1, 0.15) is 42.6 Å². The normalized spacial score (nSPS) is 19.0. The van der Waals surface area contributed by atoms with E-state index in [1.54, 1.807) is 6.33 Å². The molecule has 2 aliphatic heterocycles. The molecular formula is C23H35N7O. The molecule has 0 saturated carbocycles. The largest absolute Gasteiger partial charge is 0.334 e. The average molecular weight is 426 g/mol. The van der Waals surface area contributed by atoms with Crippen molar-refractivity contribution in [2.45, 2.75) is 38.8 Å². The van der Waals surface area contributed by atoms with Crippen molar-refractivity contribution in [3.63, 3.8) is 0 Å². The minimum atomic E-state index is 0.0304. The van der Waals surface area contributed by atoms with Gasteiger partial charge in [-0.15, -0.1) is 10.2 Å². The quantitative estimate of drug-likeness (QED) is 0.767. The highest BCUT2D eigenvalue weighted by molar-refractivity contribution is 5.74. The van der Waals surface area contributed by atoms with Crippen molar-refractivity contribution in [2.75, 3.05) is 45.8 Å². The lowest BCUT2D eigenvalue weighted by Gasteiger charge is -2.34. The van der Waals surface area contributed by atoms with E-state index in [4.69, 9.17) is 0 Å². The van der Waals surface area contributed by atoms with Gasteiger partial charge in [0.25, 0.3) is 0 Å². The maximum atomic E-state index is 12.8. The van der Waals surface area contributed by atoms with Crippen molar-refractivity contribution in [3.8, 4) is 0 Å². The van der Waals surface area contributed by atoms with Gasteiger partial charge in [-0.2, -0.15) is 0 Å². The van der Waals surface area contributed by atoms with Gasteiger partial charge in [-0.05, 0) is 30.5 Å². The molecule has 2 fully saturated rings. The lowest BCUT2D eigenvalue weighted by Crippen LogP contribution is -2.46. The van der Waals surface area contributed by atoms with Crippen LogP contribution in [-0.2, 0) is 20.1 Å². The monoisotopic (exact) mass is 425 g/mol. The fourth-order valence-electron chi connectivity index (χ4n) is 4.67. The summed E-state index contributed by atoms with van der Waals surface area (Å²) < 4.78 is 1.99. The summed E-state index contributed by atoms with van der Waals surface area (Å²) in [5.41, 5.74) is 2.52. The van der Waals surface area contributed by atoms with Crippen molar-refractivity contribution in [1.29, 1.82) is 0 Å². The predicted octanol–water partition coefficient (Wildman–Crippen LogP) is 2.04. The molecule has 1 N–H and O–H groups in total. The van der Waals surface area contributed by atoms with Crippen LogP contribution < -0.4 is 5.32 Å². The summed E-state index contributed by atoms with van der Waals surface area (Å²) in [6.07, 6.45) is 3.61. The molecule has 4 rings (SSSR count). The molecule has 31 heavy (non-hydrogen) atoms. The van der Waals surface area contributed by atoms with Crippen molar-refractivity contribution < 1.29 is 4.79 Å². The Morgan fingerprint density at radius 3 is 2.35 bits per heavy atom. The first-order chi connectivity index (χ1) is 15.1. The molecule has 0 atom stereocenters. The van der Waals surface area contributed by atoms with Crippen LogP contribution >= 0.6 is 0 Å². The maximum Gasteiger partial charge on any atom is 0.317 e. The smallest absolute Gasteiger partial charge is 0.317 e. The summed E-state index contributed by atoms with van der Waals surface area (Å²) in [5, 5.41) is 11.4. The summed E-state index contributed by atoms with van der Waals surface area (Å²) in [5.74, 6) is 1.40. The molecular weight excluding hydrogens is 390 g/mol. The Bertz CT molecular complexity index is 851. The van der Waals surface area contributed by atoms with Crippen LogP contribution in [0.5, 0.6) is 0 Å². The molecule has 1 aromatic heterocycles. The molecule has 0 radical (unpaired) electrons. The number of aryl methyl sites for hydroxylation is 1. The van der Waals surface area contributed by atoms with Gasteiger partial charge in [0.05, 0.1) is 0 Å². The number of nitrogens with one attached hydrogen (secondary N) is 1. The molecule has 0 bridgehead atoms. The van der Waals surface area contributed by atoms with E-state index in [0.29, 0.717) is 12.5 Å². The van der Waals surface area contributed by atoms with E-state index in [-0.39, 0.29) is 6.03 Å². The first-order valence-electron chi connectivity index (χ1n) is 11.5. The summed E-state index contributed by atoms with van der Waals surface area (Å²) in [7, 11) is 1.98. The number of likely N-dealkylation sites (tertiary alicyclic amines) is 1. The van der Waals surface area contributed by atoms with E-state index in [1.807, 2.05) is 16.5 Å². The molecule has 3 heterocycles. The molecule has 0 unspecified atom stereocenters. The molecule has 1 aromatic carbocycles. The van der Waals surface area contributed by atoms with Gasteiger partial charge < -0.3 is 19.7 Å². The number of hydrogen-bond donors (Lipinski definition) is 1. The molecule has 2 amide bonds. The van der Waals surface area contributed by atoms with Gasteiger partial charge in [-0.25, -0.2) is 4.79 Å². The number of hydrogen-bond acceptors (Lipinski definition) is 5. The van der Waals surface area contributed by atoms with Crippen molar-refractivity contribution in [2.24, 2.45) is 7.05 Å². The van der Waals surface area contributed by atoms with E-state index in [2.05, 4.69) is 56.5 Å². The van der Waals surface area contributed by atoms with Crippen LogP contribution in [0.2, 0.25) is 0 Å². The van der Waals surface area contributed by atoms with E-state index >= 15 is 0 Å². The molecule has 0 spiro atoms. The third-order valence-corrected chi connectivity index (χ3v) is 6.75. The maximum absolute atomic E-state index is 12.8. The molecule has 8 heteroatoms. The number of rotatable bonds is 6. The number of likely N-dealkylation sites (N-methyl/N-ethyl adjacent to an activating group) is 1. The Kier molecular flexibility index (Phi) is 7.19. The Hall–Kier alpha value is -2.45. The molecule has 2 aliphatic rings. The van der Waals surface area contributed by atoms with E-state index in [1.165, 1.54) is 11.1 Å². The van der Waals surface area contributed by atoms with Gasteiger partial charge in [0, 0.05) is 65.3 Å². The zero-order valence-corrected chi connectivity index (χ0v) is 18.8. The fraction of sp³-hybridized carbons (Fsp3) is 0.609. The zero-order valence-electron chi connectivity index (χ0n) is 18.8. The number of carbonyl (C=O) groups is 1. The third kappa shape index (κ3) is 5.43. The number of nitrogens with zero attached hydrogens (tertiary/aromatic N) is 6. The molecule has 2 saturated heterocycles. The summed E-state index contributed by atoms with van der Waals surface area (Å²) in [6.45, 7) is 10.9. The zero-order chi connectivity index (χ0) is 21.6. The fourth-order valence-corrected chi connectivity index (χ4v) is 4.67. The summed E-state index contributed by atoms with van der Waals surface area (Å²) in [4.78, 5) is 19.7. The van der Waals surface area contributed by atoms with Crippen LogP contribution in [0.15, 0.2) is 30.6 Å². The first kappa shape index (κ1) is 21.8. The Morgan fingerprint density at radius 1 is 1.03 bits per heavy atom. The van der Waals surface area contributed by atoms with Gasteiger partial charge in [0.1, 0.15) is 12.2 Å². The third-order valence-electron chi connectivity index (χ3n) is 6.75. The second-order valence-electron chi connectivity index (χ2n) is 8.70. The first-order valence-corrected chi connectivity index (χ1v) is 11.5. The van der Waals surface area contributed by atoms with Crippen molar-refractivity contribution >= 4 is 6.03 Å². The molecule has 168 valence electrons. The van der Waals surface area contributed by atoms with Gasteiger partial charge in [0.15, 0.2) is 0 Å². The van der Waals surface area contributed by atoms with Crippen LogP contribution in [0.25, 0.3) is 0 Å². The van der Waals surface area contributed by atoms with Gasteiger partial charge in [-0.3, -0.25) is 4.90 Å². The number of piperazine rings is 1. The second kappa shape index (κ2) is 10.2. The van der Waals surface area contributed by atoms with Gasteiger partial charge >= 0.3 is 6.03 Å². The Labute approximate surface area is 185 Å². The van der Waals surface area contributed by atoms with Crippen LogP contribution in [0.3, 0.4) is 0 Å². The number of benzene rings is 1. The number of urea groups is 1. The van der Waals surface area contributed by atoms with Crippen LogP contribution in [-0.4, -0.2) is 81.3 Å². The lowest BCUT2D eigenvalue weighted by molar-refractivity contribution is 0.131. The Morgan fingerprint density at radius 2 is 1.71 bits per heavy atom. The van der Waals surface area contributed by atoms with Crippen LogP contribution in [0, 0.1) is 0 Å². The topological polar surface area (TPSA) is 69.5 Å². The van der Waals surface area contributed by atoms with Crippen LogP contribution in [0.4, 0.5) is 4.79 Å². The number of piperidine rings is 1. The summed E-state index contributed by atoms with van der Waals surface area (Å²) in [6, 6.07) is 8.52. The van der Waals surface area contributed by atoms with E-state index in [9.17, 15) is 4.79 Å². The number of carbonyl (C=O) groups excluding carboxylic acids is 1. The SMILES string of the molecule is CCN1CCN(Cc2ccccc2CNC(=O)N2CCC(c3nncn3C)CC2)CC1. The van der Waals surface area contributed by atoms with Gasteiger partial charge in [-0.1, -0.05) is 31.2 Å². The van der Waals surface area contributed by atoms with Crippen molar-refractivity contribution in [1.82, 2.24) is 34.8 Å². The predicted molar refractivity (Wildman–Crippen MR) is 121 cm³/mol. The van der Waals surface area contributed by atoms with Gasteiger partial charge in [0.2, 0.25) is 0 Å². The Balaban J connectivity index is 1.27. The lowest BCUT2D eigenvalue weighted by atomic mass is 9.96. The molecule has 8 nitrogen and oxygen atoms in total. The van der Waals surface area contributed by atoms with E-state index in [0.717, 1.165) is 71.0 Å². The molecule has 0 aliphatic carbocycles. The number of amides is 2. The standard InChI is InChI=1S/C23H35N7O/c1-3-28-12-14-29(15-13-28)17-21-7-5-4-6-20(21)16-24-23(31)30-10-8-19(9-11-30)22-26-25-18-27(22)2/h4-7,18-19H,3,8-17H2,1-2H3,(H,24,31). The average Bonchev–Trinajstić information content (AvgIpc) is 3.24. The summed E-state index contributed by atoms with van der Waals surface area (Å²) >= 11 is 0. The molecule has 2 aromatic rings. The van der Waals surface area contributed by atoms with Crippen molar-refractivity contribution in [3.05, 3.63) is 47.5 Å². The van der Waals surface area contributed by atoms with E-state index < -0.39 is 0 Å². The highest BCUT2D eigenvalue weighted by Gasteiger charge is 2.26. The highest BCUT2D eigenvalue weighted by atomic mass is 16.2. The second-order valence-corrected chi connectivity index (χ2v) is 8.70. The minimum absolute atomic E-state index is 0.0304. The number of aromatic nitrogens is 3. The highest BCUT2D eigenvalue weighted by Crippen LogP contribution is 2.26.